The molecule has 1 aliphatic heterocycles. The molecule has 3 aromatic carbocycles. The molecule has 0 aromatic heterocycles. The molecule has 2 unspecified atom stereocenters. The van der Waals surface area contributed by atoms with Crippen LogP contribution >= 0.6 is 39.1 Å². The van der Waals surface area contributed by atoms with Gasteiger partial charge >= 0.3 is 0 Å². The average Bonchev–Trinajstić information content (AvgIpc) is 3.22. The molecule has 6 heteroatoms. The Labute approximate surface area is 211 Å². The van der Waals surface area contributed by atoms with Crippen LogP contribution in [0.4, 0.5) is 0 Å². The maximum atomic E-state index is 13.7. The minimum Gasteiger partial charge on any atom is -0.267 e. The SMILES string of the molecule is O=C(c1ccccc1Br)N1N=C2/C(=C\c3ccc(Cl)cc3)CCCC2C1c1ccc(Cl)cc1. The summed E-state index contributed by atoms with van der Waals surface area (Å²) in [5.41, 5.74) is 4.89. The number of fused-ring (bicyclic) bond motifs is 1. The Morgan fingerprint density at radius 3 is 2.33 bits per heavy atom. The summed E-state index contributed by atoms with van der Waals surface area (Å²) in [7, 11) is 0. The summed E-state index contributed by atoms with van der Waals surface area (Å²) in [6.07, 6.45) is 5.13. The normalized spacial score (nSPS) is 21.1. The summed E-state index contributed by atoms with van der Waals surface area (Å²) in [6.45, 7) is 0. The number of nitrogens with zero attached hydrogens (tertiary/aromatic N) is 2. The van der Waals surface area contributed by atoms with Gasteiger partial charge in [0.05, 0.1) is 17.3 Å². The molecule has 33 heavy (non-hydrogen) atoms. The van der Waals surface area contributed by atoms with E-state index in [0.717, 1.165) is 40.6 Å². The van der Waals surface area contributed by atoms with Crippen LogP contribution in [0.15, 0.2) is 87.9 Å². The molecule has 0 N–H and O–H groups in total. The third-order valence-electron chi connectivity index (χ3n) is 6.24. The molecule has 0 spiro atoms. The fourth-order valence-corrected chi connectivity index (χ4v) is 5.39. The highest BCUT2D eigenvalue weighted by Gasteiger charge is 2.44. The Morgan fingerprint density at radius 2 is 1.64 bits per heavy atom. The lowest BCUT2D eigenvalue weighted by Crippen LogP contribution is -2.32. The first-order valence-electron chi connectivity index (χ1n) is 10.9. The van der Waals surface area contributed by atoms with E-state index in [-0.39, 0.29) is 17.9 Å². The van der Waals surface area contributed by atoms with E-state index in [1.54, 1.807) is 5.01 Å². The Morgan fingerprint density at radius 1 is 0.970 bits per heavy atom. The second-order valence-electron chi connectivity index (χ2n) is 8.33. The molecule has 2 aliphatic rings. The van der Waals surface area contributed by atoms with Gasteiger partial charge in [-0.3, -0.25) is 4.79 Å². The standard InChI is InChI=1S/C27H21BrCl2N2O/c28-24-7-2-1-5-22(24)27(33)32-26(18-10-14-21(30)15-11-18)23-6-3-4-19(25(23)31-32)16-17-8-12-20(29)13-9-17/h1-2,5,7-16,23,26H,3-4,6H2/b19-16-. The molecule has 1 heterocycles. The zero-order valence-electron chi connectivity index (χ0n) is 17.7. The van der Waals surface area contributed by atoms with E-state index in [1.165, 1.54) is 5.57 Å². The second kappa shape index (κ2) is 9.46. The van der Waals surface area contributed by atoms with Crippen LogP contribution < -0.4 is 0 Å². The van der Waals surface area contributed by atoms with Crippen LogP contribution in [0.3, 0.4) is 0 Å². The first-order chi connectivity index (χ1) is 16.0. The van der Waals surface area contributed by atoms with E-state index in [0.29, 0.717) is 15.6 Å². The first kappa shape index (κ1) is 22.4. The van der Waals surface area contributed by atoms with Gasteiger partial charge in [0.1, 0.15) is 0 Å². The van der Waals surface area contributed by atoms with Crippen molar-refractivity contribution in [2.75, 3.05) is 0 Å². The number of halogens is 3. The molecule has 5 rings (SSSR count). The average molecular weight is 540 g/mol. The molecule has 3 nitrogen and oxygen atoms in total. The fraction of sp³-hybridized carbons (Fsp3) is 0.185. The molecule has 2 atom stereocenters. The molecule has 1 amide bonds. The van der Waals surface area contributed by atoms with Gasteiger partial charge in [0, 0.05) is 20.4 Å². The summed E-state index contributed by atoms with van der Waals surface area (Å²) in [6, 6.07) is 22.9. The van der Waals surface area contributed by atoms with Crippen molar-refractivity contribution in [1.29, 1.82) is 0 Å². The summed E-state index contributed by atoms with van der Waals surface area (Å²) in [5, 5.41) is 8.01. The third kappa shape index (κ3) is 4.52. The van der Waals surface area contributed by atoms with Crippen LogP contribution in [-0.4, -0.2) is 16.6 Å². The van der Waals surface area contributed by atoms with Crippen molar-refractivity contribution in [2.45, 2.75) is 25.3 Å². The van der Waals surface area contributed by atoms with Crippen molar-refractivity contribution in [1.82, 2.24) is 5.01 Å². The van der Waals surface area contributed by atoms with Crippen LogP contribution in [0.5, 0.6) is 0 Å². The van der Waals surface area contributed by atoms with Crippen LogP contribution in [0.25, 0.3) is 6.08 Å². The largest absolute Gasteiger partial charge is 0.275 e. The highest BCUT2D eigenvalue weighted by atomic mass is 79.9. The highest BCUT2D eigenvalue weighted by Crippen LogP contribution is 2.45. The molecule has 0 bridgehead atoms. The van der Waals surface area contributed by atoms with E-state index in [2.05, 4.69) is 22.0 Å². The molecule has 0 radical (unpaired) electrons. The minimum absolute atomic E-state index is 0.116. The lowest BCUT2D eigenvalue weighted by atomic mass is 9.77. The maximum absolute atomic E-state index is 13.7. The molecule has 166 valence electrons. The third-order valence-corrected chi connectivity index (χ3v) is 7.43. The number of hydrazone groups is 1. The number of allylic oxidation sites excluding steroid dienone is 1. The molecular weight excluding hydrogens is 519 g/mol. The number of rotatable bonds is 3. The molecule has 0 saturated heterocycles. The number of carbonyl (C=O) groups is 1. The van der Waals surface area contributed by atoms with E-state index < -0.39 is 0 Å². The first-order valence-corrected chi connectivity index (χ1v) is 12.4. The van der Waals surface area contributed by atoms with Gasteiger partial charge in [-0.25, -0.2) is 5.01 Å². The van der Waals surface area contributed by atoms with Crippen molar-refractivity contribution in [3.8, 4) is 0 Å². The molecule has 1 saturated carbocycles. The molecule has 1 fully saturated rings. The van der Waals surface area contributed by atoms with Crippen LogP contribution in [0.1, 0.15) is 46.8 Å². The van der Waals surface area contributed by atoms with Crippen molar-refractivity contribution >= 4 is 56.8 Å². The Bertz CT molecular complexity index is 1250. The van der Waals surface area contributed by atoms with Gasteiger partial charge < -0.3 is 0 Å². The van der Waals surface area contributed by atoms with Crippen molar-refractivity contribution < 1.29 is 4.79 Å². The highest BCUT2D eigenvalue weighted by molar-refractivity contribution is 9.10. The Kier molecular flexibility index (Phi) is 6.42. The number of amides is 1. The van der Waals surface area contributed by atoms with E-state index in [9.17, 15) is 4.79 Å². The fourth-order valence-electron chi connectivity index (χ4n) is 4.68. The maximum Gasteiger partial charge on any atom is 0.275 e. The number of benzene rings is 3. The minimum atomic E-state index is -0.175. The summed E-state index contributed by atoms with van der Waals surface area (Å²) in [5.74, 6) is 0.0140. The van der Waals surface area contributed by atoms with E-state index in [1.807, 2.05) is 72.8 Å². The lowest BCUT2D eigenvalue weighted by molar-refractivity contribution is 0.0680. The van der Waals surface area contributed by atoms with Gasteiger partial charge in [-0.15, -0.1) is 0 Å². The lowest BCUT2D eigenvalue weighted by Gasteiger charge is -2.30. The zero-order chi connectivity index (χ0) is 22.9. The Hall–Kier alpha value is -2.40. The molecule has 3 aromatic rings. The van der Waals surface area contributed by atoms with E-state index in [4.69, 9.17) is 28.3 Å². The number of hydrogen-bond acceptors (Lipinski definition) is 2. The van der Waals surface area contributed by atoms with Crippen LogP contribution in [0, 0.1) is 5.92 Å². The Balaban J connectivity index is 1.59. The predicted octanol–water partition coefficient (Wildman–Crippen LogP) is 8.19. The summed E-state index contributed by atoms with van der Waals surface area (Å²) >= 11 is 15.8. The summed E-state index contributed by atoms with van der Waals surface area (Å²) in [4.78, 5) is 13.7. The van der Waals surface area contributed by atoms with Gasteiger partial charge in [0.2, 0.25) is 0 Å². The van der Waals surface area contributed by atoms with Gasteiger partial charge in [-0.05, 0) is 94.4 Å². The van der Waals surface area contributed by atoms with Crippen molar-refractivity contribution in [3.05, 3.63) is 110 Å². The zero-order valence-corrected chi connectivity index (χ0v) is 20.8. The monoisotopic (exact) mass is 538 g/mol. The smallest absolute Gasteiger partial charge is 0.267 e. The molecule has 1 aliphatic carbocycles. The quantitative estimate of drug-likeness (QED) is 0.330. The van der Waals surface area contributed by atoms with Crippen LogP contribution in [-0.2, 0) is 0 Å². The van der Waals surface area contributed by atoms with Gasteiger partial charge in [-0.2, -0.15) is 5.10 Å². The van der Waals surface area contributed by atoms with Gasteiger partial charge in [0.15, 0.2) is 0 Å². The van der Waals surface area contributed by atoms with Crippen molar-refractivity contribution in [3.63, 3.8) is 0 Å². The summed E-state index contributed by atoms with van der Waals surface area (Å²) < 4.78 is 0.761. The van der Waals surface area contributed by atoms with E-state index >= 15 is 0 Å². The predicted molar refractivity (Wildman–Crippen MR) is 139 cm³/mol. The topological polar surface area (TPSA) is 32.7 Å². The van der Waals surface area contributed by atoms with Gasteiger partial charge in [-0.1, -0.05) is 59.6 Å². The van der Waals surface area contributed by atoms with Crippen LogP contribution in [0.2, 0.25) is 10.0 Å². The molecular formula is C27H21BrCl2N2O. The number of hydrogen-bond donors (Lipinski definition) is 0. The van der Waals surface area contributed by atoms with Crippen molar-refractivity contribution in [2.24, 2.45) is 11.0 Å². The number of carbonyl (C=O) groups excluding carboxylic acids is 1. The second-order valence-corrected chi connectivity index (χ2v) is 10.1. The van der Waals surface area contributed by atoms with Gasteiger partial charge in [0.25, 0.3) is 5.91 Å².